The second kappa shape index (κ2) is 4.16. The average molecular weight is 325 g/mol. The Morgan fingerprint density at radius 1 is 1.29 bits per heavy atom. The molecule has 0 saturated carbocycles. The van der Waals surface area contributed by atoms with E-state index in [-0.39, 0.29) is 0 Å². The van der Waals surface area contributed by atoms with Gasteiger partial charge < -0.3 is 0 Å². The maximum absolute atomic E-state index is 11.7. The van der Waals surface area contributed by atoms with Gasteiger partial charge in [0.25, 0.3) is 0 Å². The molecule has 0 radical (unpaired) electrons. The highest BCUT2D eigenvalue weighted by atomic mass is 127. The lowest BCUT2D eigenvalue weighted by Crippen LogP contribution is -2.22. The van der Waals surface area contributed by atoms with Crippen molar-refractivity contribution in [1.29, 1.82) is 0 Å². The Morgan fingerprint density at radius 2 is 1.86 bits per heavy atom. The summed E-state index contributed by atoms with van der Waals surface area (Å²) in [7, 11) is -0.225. The van der Waals surface area contributed by atoms with Crippen LogP contribution in [0.1, 0.15) is 5.56 Å². The van der Waals surface area contributed by atoms with Gasteiger partial charge in [-0.25, -0.2) is 12.7 Å². The van der Waals surface area contributed by atoms with Gasteiger partial charge in [0.05, 0.1) is 4.90 Å². The van der Waals surface area contributed by atoms with Crippen LogP contribution in [0.2, 0.25) is 0 Å². The molecule has 0 fully saturated rings. The molecule has 0 N–H and O–H groups in total. The van der Waals surface area contributed by atoms with Crippen molar-refractivity contribution < 1.29 is 8.42 Å². The first kappa shape index (κ1) is 11.9. The highest BCUT2D eigenvalue weighted by Gasteiger charge is 2.17. The van der Waals surface area contributed by atoms with Gasteiger partial charge in [-0.05, 0) is 53.3 Å². The first-order valence-electron chi connectivity index (χ1n) is 4.04. The quantitative estimate of drug-likeness (QED) is 0.779. The van der Waals surface area contributed by atoms with E-state index >= 15 is 0 Å². The number of rotatable bonds is 2. The van der Waals surface area contributed by atoms with Crippen molar-refractivity contribution >= 4 is 32.6 Å². The van der Waals surface area contributed by atoms with Crippen molar-refractivity contribution in [2.45, 2.75) is 11.8 Å². The second-order valence-corrected chi connectivity index (χ2v) is 6.51. The Labute approximate surface area is 98.3 Å². The number of sulfonamides is 1. The Morgan fingerprint density at radius 3 is 2.29 bits per heavy atom. The minimum atomic E-state index is -3.29. The maximum atomic E-state index is 11.7. The number of hydrogen-bond acceptors (Lipinski definition) is 2. The van der Waals surface area contributed by atoms with E-state index in [0.29, 0.717) is 4.90 Å². The van der Waals surface area contributed by atoms with E-state index in [0.717, 1.165) is 9.13 Å². The summed E-state index contributed by atoms with van der Waals surface area (Å²) in [4.78, 5) is 0.348. The largest absolute Gasteiger partial charge is 0.242 e. The van der Waals surface area contributed by atoms with Crippen molar-refractivity contribution in [3.05, 3.63) is 27.3 Å². The fraction of sp³-hybridized carbons (Fsp3) is 0.333. The molecule has 0 aliphatic heterocycles. The molecule has 1 aromatic carbocycles. The van der Waals surface area contributed by atoms with Crippen molar-refractivity contribution in [1.82, 2.24) is 4.31 Å². The predicted octanol–water partition coefficient (Wildman–Crippen LogP) is 1.85. The Balaban J connectivity index is 3.29. The van der Waals surface area contributed by atoms with Crippen LogP contribution in [0.25, 0.3) is 0 Å². The summed E-state index contributed by atoms with van der Waals surface area (Å²) in [6.07, 6.45) is 0. The third kappa shape index (κ3) is 2.26. The van der Waals surface area contributed by atoms with Crippen LogP contribution in [0, 0.1) is 10.5 Å². The monoisotopic (exact) mass is 325 g/mol. The number of nitrogens with zero attached hydrogens (tertiary/aromatic N) is 1. The zero-order valence-corrected chi connectivity index (χ0v) is 11.3. The lowest BCUT2D eigenvalue weighted by Gasteiger charge is -2.11. The van der Waals surface area contributed by atoms with E-state index in [1.165, 1.54) is 18.4 Å². The van der Waals surface area contributed by atoms with Crippen molar-refractivity contribution in [2.75, 3.05) is 14.1 Å². The summed E-state index contributed by atoms with van der Waals surface area (Å²) in [5.74, 6) is 0. The van der Waals surface area contributed by atoms with E-state index in [4.69, 9.17) is 0 Å². The highest BCUT2D eigenvalue weighted by Crippen LogP contribution is 2.18. The summed E-state index contributed by atoms with van der Waals surface area (Å²) in [5, 5.41) is 0. The average Bonchev–Trinajstić information content (AvgIpc) is 2.09. The van der Waals surface area contributed by atoms with Crippen molar-refractivity contribution in [2.24, 2.45) is 0 Å². The van der Waals surface area contributed by atoms with Gasteiger partial charge in [0.2, 0.25) is 10.0 Å². The summed E-state index contributed by atoms with van der Waals surface area (Å²) in [6.45, 7) is 1.90. The van der Waals surface area contributed by atoms with Crippen LogP contribution in [0.3, 0.4) is 0 Å². The van der Waals surface area contributed by atoms with Crippen LogP contribution in [0.15, 0.2) is 23.1 Å². The summed E-state index contributed by atoms with van der Waals surface area (Å²) in [6, 6.07) is 5.13. The SMILES string of the molecule is Cc1cc(S(=O)(=O)N(C)C)ccc1I. The molecule has 3 nitrogen and oxygen atoms in total. The molecule has 1 rings (SSSR count). The molecule has 0 saturated heterocycles. The van der Waals surface area contributed by atoms with Crippen LogP contribution >= 0.6 is 22.6 Å². The van der Waals surface area contributed by atoms with Gasteiger partial charge in [-0.15, -0.1) is 0 Å². The van der Waals surface area contributed by atoms with Gasteiger partial charge in [-0.1, -0.05) is 0 Å². The van der Waals surface area contributed by atoms with Crippen LogP contribution in [-0.4, -0.2) is 26.8 Å². The Bertz CT molecular complexity index is 440. The first-order chi connectivity index (χ1) is 6.35. The number of aryl methyl sites for hydroxylation is 1. The first-order valence-corrected chi connectivity index (χ1v) is 6.56. The lowest BCUT2D eigenvalue weighted by atomic mass is 10.2. The third-order valence-electron chi connectivity index (χ3n) is 1.91. The molecule has 0 spiro atoms. The number of hydrogen-bond donors (Lipinski definition) is 0. The third-order valence-corrected chi connectivity index (χ3v) is 4.93. The van der Waals surface area contributed by atoms with Gasteiger partial charge in [0, 0.05) is 17.7 Å². The maximum Gasteiger partial charge on any atom is 0.242 e. The van der Waals surface area contributed by atoms with Crippen molar-refractivity contribution in [3.63, 3.8) is 0 Å². The van der Waals surface area contributed by atoms with Crippen LogP contribution < -0.4 is 0 Å². The summed E-state index contributed by atoms with van der Waals surface area (Å²) >= 11 is 2.18. The van der Waals surface area contributed by atoms with E-state index in [1.54, 1.807) is 12.1 Å². The molecule has 1 aromatic rings. The minimum absolute atomic E-state index is 0.348. The molecular weight excluding hydrogens is 313 g/mol. The zero-order chi connectivity index (χ0) is 10.9. The molecule has 0 aliphatic rings. The van der Waals surface area contributed by atoms with E-state index in [2.05, 4.69) is 22.6 Å². The van der Waals surface area contributed by atoms with Crippen LogP contribution in [-0.2, 0) is 10.0 Å². The second-order valence-electron chi connectivity index (χ2n) is 3.20. The van der Waals surface area contributed by atoms with Gasteiger partial charge in [0.1, 0.15) is 0 Å². The molecule has 0 aromatic heterocycles. The topological polar surface area (TPSA) is 37.4 Å². The molecule has 0 unspecified atom stereocenters. The Hall–Kier alpha value is -0.140. The normalized spacial score (nSPS) is 12.1. The van der Waals surface area contributed by atoms with E-state index in [9.17, 15) is 8.42 Å². The molecule has 0 amide bonds. The van der Waals surface area contributed by atoms with Gasteiger partial charge in [0.15, 0.2) is 0 Å². The van der Waals surface area contributed by atoms with E-state index in [1.807, 2.05) is 13.0 Å². The Kier molecular flexibility index (Phi) is 3.54. The van der Waals surface area contributed by atoms with Gasteiger partial charge >= 0.3 is 0 Å². The molecule has 0 bridgehead atoms. The fourth-order valence-electron chi connectivity index (χ4n) is 0.988. The van der Waals surface area contributed by atoms with Gasteiger partial charge in [-0.2, -0.15) is 0 Å². The van der Waals surface area contributed by atoms with E-state index < -0.39 is 10.0 Å². The molecule has 0 aliphatic carbocycles. The standard InChI is InChI=1S/C9H12INO2S/c1-7-6-8(4-5-9(7)10)14(12,13)11(2)3/h4-6H,1-3H3. The number of halogens is 1. The molecular formula is C9H12INO2S. The highest BCUT2D eigenvalue weighted by molar-refractivity contribution is 14.1. The summed E-state index contributed by atoms with van der Waals surface area (Å²) in [5.41, 5.74) is 0.980. The fourth-order valence-corrected chi connectivity index (χ4v) is 2.31. The smallest absolute Gasteiger partial charge is 0.207 e. The molecule has 78 valence electrons. The van der Waals surface area contributed by atoms with Crippen molar-refractivity contribution in [3.8, 4) is 0 Å². The zero-order valence-electron chi connectivity index (χ0n) is 8.28. The molecule has 0 atom stereocenters. The number of benzene rings is 1. The molecule has 5 heteroatoms. The summed E-state index contributed by atoms with van der Waals surface area (Å²) < 4.78 is 25.7. The molecule has 14 heavy (non-hydrogen) atoms. The van der Waals surface area contributed by atoms with Crippen LogP contribution in [0.4, 0.5) is 0 Å². The lowest BCUT2D eigenvalue weighted by molar-refractivity contribution is 0.520. The minimum Gasteiger partial charge on any atom is -0.207 e. The van der Waals surface area contributed by atoms with Gasteiger partial charge in [-0.3, -0.25) is 0 Å². The predicted molar refractivity (Wildman–Crippen MR) is 64.8 cm³/mol. The van der Waals surface area contributed by atoms with Crippen LogP contribution in [0.5, 0.6) is 0 Å². The molecule has 0 heterocycles.